The Morgan fingerprint density at radius 2 is 1.90 bits per heavy atom. The monoisotopic (exact) mass is 411 g/mol. The summed E-state index contributed by atoms with van der Waals surface area (Å²) in [6, 6.07) is 7.60. The van der Waals surface area contributed by atoms with Gasteiger partial charge in [0.25, 0.3) is 5.56 Å². The molecule has 2 aromatic heterocycles. The molecule has 6 nitrogen and oxygen atoms in total. The summed E-state index contributed by atoms with van der Waals surface area (Å²) in [5, 5.41) is 4.85. The molecule has 0 radical (unpaired) electrons. The number of fused-ring (bicyclic) bond motifs is 1. The lowest BCUT2D eigenvalue weighted by Gasteiger charge is -2.23. The molecule has 152 valence electrons. The summed E-state index contributed by atoms with van der Waals surface area (Å²) in [5.41, 5.74) is 2.07. The van der Waals surface area contributed by atoms with Gasteiger partial charge in [-0.2, -0.15) is 0 Å². The molecule has 3 aromatic rings. The summed E-state index contributed by atoms with van der Waals surface area (Å²) in [4.78, 5) is 39.1. The highest BCUT2D eigenvalue weighted by atomic mass is 32.1. The topological polar surface area (TPSA) is 73.1 Å². The molecule has 1 N–H and O–H groups in total. The molecule has 1 fully saturated rings. The maximum absolute atomic E-state index is 13.3. The van der Waals surface area contributed by atoms with Gasteiger partial charge in [-0.05, 0) is 55.3 Å². The molecule has 0 unspecified atom stereocenters. The minimum atomic E-state index is -0.478. The zero-order valence-corrected chi connectivity index (χ0v) is 17.6. The van der Waals surface area contributed by atoms with E-state index in [1.165, 1.54) is 26.9 Å². The van der Waals surface area contributed by atoms with Gasteiger partial charge in [0.15, 0.2) is 0 Å². The van der Waals surface area contributed by atoms with Gasteiger partial charge in [-0.1, -0.05) is 31.4 Å². The number of aryl methyl sites for hydroxylation is 2. The Morgan fingerprint density at radius 3 is 2.66 bits per heavy atom. The van der Waals surface area contributed by atoms with Crippen LogP contribution >= 0.6 is 11.3 Å². The van der Waals surface area contributed by atoms with Gasteiger partial charge in [0, 0.05) is 6.04 Å². The number of carbonyl (C=O) groups excluding carboxylic acids is 1. The minimum Gasteiger partial charge on any atom is -0.352 e. The third kappa shape index (κ3) is 3.79. The van der Waals surface area contributed by atoms with Crippen molar-refractivity contribution in [3.8, 4) is 5.69 Å². The van der Waals surface area contributed by atoms with Gasteiger partial charge in [-0.25, -0.2) is 9.36 Å². The molecule has 1 aliphatic carbocycles. The van der Waals surface area contributed by atoms with E-state index in [-0.39, 0.29) is 24.1 Å². The summed E-state index contributed by atoms with van der Waals surface area (Å²) in [6.07, 6.45) is 5.42. The molecule has 0 saturated heterocycles. The number of rotatable bonds is 4. The fourth-order valence-electron chi connectivity index (χ4n) is 4.08. The van der Waals surface area contributed by atoms with Crippen molar-refractivity contribution in [2.45, 2.75) is 58.5 Å². The molecular weight excluding hydrogens is 386 g/mol. The fourth-order valence-corrected chi connectivity index (χ4v) is 4.90. The molecule has 1 aromatic carbocycles. The summed E-state index contributed by atoms with van der Waals surface area (Å²) >= 11 is 1.29. The van der Waals surface area contributed by atoms with Gasteiger partial charge in [-0.3, -0.25) is 14.2 Å². The number of hydrogen-bond donors (Lipinski definition) is 1. The zero-order chi connectivity index (χ0) is 20.5. The van der Waals surface area contributed by atoms with Crippen LogP contribution in [-0.2, 0) is 11.3 Å². The Balaban J connectivity index is 1.79. The van der Waals surface area contributed by atoms with Crippen molar-refractivity contribution in [3.05, 3.63) is 61.6 Å². The first-order valence-electron chi connectivity index (χ1n) is 10.1. The van der Waals surface area contributed by atoms with Crippen LogP contribution in [0.3, 0.4) is 0 Å². The Labute approximate surface area is 172 Å². The van der Waals surface area contributed by atoms with Crippen LogP contribution in [0.15, 0.2) is 39.2 Å². The molecule has 0 aliphatic heterocycles. The Morgan fingerprint density at radius 1 is 1.14 bits per heavy atom. The number of nitrogens with zero attached hydrogens (tertiary/aromatic N) is 2. The highest BCUT2D eigenvalue weighted by molar-refractivity contribution is 7.17. The van der Waals surface area contributed by atoms with Crippen molar-refractivity contribution in [2.24, 2.45) is 0 Å². The number of hydrogen-bond acceptors (Lipinski definition) is 4. The van der Waals surface area contributed by atoms with E-state index in [1.54, 1.807) is 11.4 Å². The Kier molecular flexibility index (Phi) is 5.41. The number of carbonyl (C=O) groups is 1. The van der Waals surface area contributed by atoms with Crippen molar-refractivity contribution >= 4 is 27.5 Å². The third-order valence-corrected chi connectivity index (χ3v) is 6.52. The second-order valence-electron chi connectivity index (χ2n) is 7.84. The van der Waals surface area contributed by atoms with Crippen LogP contribution in [0.1, 0.15) is 43.2 Å². The smallest absolute Gasteiger partial charge is 0.336 e. The van der Waals surface area contributed by atoms with E-state index >= 15 is 0 Å². The van der Waals surface area contributed by atoms with Crippen LogP contribution in [0.2, 0.25) is 0 Å². The minimum absolute atomic E-state index is 0.0896. The van der Waals surface area contributed by atoms with Crippen molar-refractivity contribution in [1.82, 2.24) is 14.5 Å². The quantitative estimate of drug-likeness (QED) is 0.716. The van der Waals surface area contributed by atoms with Gasteiger partial charge in [-0.15, -0.1) is 11.3 Å². The summed E-state index contributed by atoms with van der Waals surface area (Å²) in [5.74, 6) is -0.183. The Hall–Kier alpha value is -2.67. The van der Waals surface area contributed by atoms with E-state index in [0.29, 0.717) is 15.9 Å². The molecule has 1 aliphatic rings. The van der Waals surface area contributed by atoms with Crippen molar-refractivity contribution < 1.29 is 4.79 Å². The average Bonchev–Trinajstić information content (AvgIpc) is 3.19. The van der Waals surface area contributed by atoms with Gasteiger partial charge < -0.3 is 5.32 Å². The largest absolute Gasteiger partial charge is 0.352 e. The maximum Gasteiger partial charge on any atom is 0.336 e. The van der Waals surface area contributed by atoms with Gasteiger partial charge in [0.2, 0.25) is 5.91 Å². The van der Waals surface area contributed by atoms with E-state index < -0.39 is 5.69 Å². The maximum atomic E-state index is 13.3. The second kappa shape index (κ2) is 7.99. The zero-order valence-electron chi connectivity index (χ0n) is 16.7. The van der Waals surface area contributed by atoms with E-state index in [0.717, 1.165) is 36.8 Å². The fraction of sp³-hybridized carbons (Fsp3) is 0.409. The van der Waals surface area contributed by atoms with E-state index in [9.17, 15) is 14.4 Å². The van der Waals surface area contributed by atoms with Crippen LogP contribution in [0.5, 0.6) is 0 Å². The predicted octanol–water partition coefficient (Wildman–Crippen LogP) is 3.28. The number of thiophene rings is 1. The van der Waals surface area contributed by atoms with Gasteiger partial charge in [0.05, 0.1) is 11.2 Å². The lowest BCUT2D eigenvalue weighted by Crippen LogP contribution is -2.43. The van der Waals surface area contributed by atoms with Crippen LogP contribution in [0, 0.1) is 13.8 Å². The van der Waals surface area contributed by atoms with Gasteiger partial charge >= 0.3 is 5.69 Å². The standard InChI is InChI=1S/C22H25N3O3S/c1-14-8-9-15(2)18(12-14)25-21(27)20-17(10-11-29-20)24(22(25)28)13-19(26)23-16-6-4-3-5-7-16/h8-12,16H,3-7,13H2,1-2H3,(H,23,26). The number of amides is 1. The third-order valence-electron chi connectivity index (χ3n) is 5.63. The van der Waals surface area contributed by atoms with Gasteiger partial charge in [0.1, 0.15) is 11.2 Å². The average molecular weight is 412 g/mol. The van der Waals surface area contributed by atoms with E-state index in [4.69, 9.17) is 0 Å². The molecule has 1 saturated carbocycles. The molecule has 29 heavy (non-hydrogen) atoms. The highest BCUT2D eigenvalue weighted by Gasteiger charge is 2.20. The molecule has 7 heteroatoms. The molecule has 0 bridgehead atoms. The lowest BCUT2D eigenvalue weighted by molar-refractivity contribution is -0.122. The summed E-state index contributed by atoms with van der Waals surface area (Å²) in [6.45, 7) is 3.71. The van der Waals surface area contributed by atoms with E-state index in [2.05, 4.69) is 5.32 Å². The number of aromatic nitrogens is 2. The lowest BCUT2D eigenvalue weighted by atomic mass is 9.95. The first-order chi connectivity index (χ1) is 14.0. The molecule has 4 rings (SSSR count). The van der Waals surface area contributed by atoms with Crippen molar-refractivity contribution in [2.75, 3.05) is 0 Å². The van der Waals surface area contributed by atoms with Crippen LogP contribution in [0.4, 0.5) is 0 Å². The van der Waals surface area contributed by atoms with Crippen LogP contribution < -0.4 is 16.6 Å². The molecule has 0 atom stereocenters. The Bertz CT molecular complexity index is 1180. The SMILES string of the molecule is Cc1ccc(C)c(-n2c(=O)c3sccc3n(CC(=O)NC3CCCCC3)c2=O)c1. The number of nitrogens with one attached hydrogen (secondary N) is 1. The van der Waals surface area contributed by atoms with E-state index in [1.807, 2.05) is 32.0 Å². The molecule has 2 heterocycles. The predicted molar refractivity (Wildman–Crippen MR) is 116 cm³/mol. The summed E-state index contributed by atoms with van der Waals surface area (Å²) in [7, 11) is 0. The molecule has 1 amide bonds. The van der Waals surface area contributed by atoms with Crippen molar-refractivity contribution in [1.29, 1.82) is 0 Å². The normalized spacial score (nSPS) is 15.0. The van der Waals surface area contributed by atoms with Crippen molar-refractivity contribution in [3.63, 3.8) is 0 Å². The molecular formula is C22H25N3O3S. The highest BCUT2D eigenvalue weighted by Crippen LogP contribution is 2.19. The molecule has 0 spiro atoms. The second-order valence-corrected chi connectivity index (χ2v) is 8.75. The first-order valence-corrected chi connectivity index (χ1v) is 10.9. The first kappa shape index (κ1) is 19.6. The number of benzene rings is 1. The van der Waals surface area contributed by atoms with Crippen LogP contribution in [-0.4, -0.2) is 21.1 Å². The van der Waals surface area contributed by atoms with Crippen LogP contribution in [0.25, 0.3) is 15.9 Å². The summed E-state index contributed by atoms with van der Waals surface area (Å²) < 4.78 is 3.11.